The van der Waals surface area contributed by atoms with Gasteiger partial charge in [-0.15, -0.1) is 0 Å². The van der Waals surface area contributed by atoms with Gasteiger partial charge in [0.05, 0.1) is 17.2 Å². The fraction of sp³-hybridized carbons (Fsp3) is 0. The molecule has 0 aliphatic rings. The number of para-hydroxylation sites is 2. The molecule has 18 heavy (non-hydrogen) atoms. The highest BCUT2D eigenvalue weighted by atomic mass is 16.3. The first-order valence-electron chi connectivity index (χ1n) is 5.40. The Morgan fingerprint density at radius 2 is 1.89 bits per heavy atom. The summed E-state index contributed by atoms with van der Waals surface area (Å²) in [5.41, 5.74) is 3.24. The number of fused-ring (bicyclic) bond motifs is 5. The van der Waals surface area contributed by atoms with E-state index in [9.17, 15) is 5.11 Å². The molecule has 4 aromatic rings. The third-order valence-corrected chi connectivity index (χ3v) is 2.87. The molecule has 0 aliphatic carbocycles. The molecule has 0 amide bonds. The molecule has 86 valence electrons. The van der Waals surface area contributed by atoms with Gasteiger partial charge in [0.25, 0.3) is 5.88 Å². The van der Waals surface area contributed by atoms with E-state index in [4.69, 9.17) is 0 Å². The van der Waals surface area contributed by atoms with E-state index in [1.807, 2.05) is 24.3 Å². The van der Waals surface area contributed by atoms with Crippen molar-refractivity contribution in [2.24, 2.45) is 0 Å². The van der Waals surface area contributed by atoms with Crippen molar-refractivity contribution in [1.29, 1.82) is 0 Å². The van der Waals surface area contributed by atoms with Crippen molar-refractivity contribution in [2.45, 2.75) is 0 Å². The molecule has 0 fully saturated rings. The molecule has 3 aromatic heterocycles. The highest BCUT2D eigenvalue weighted by Gasteiger charge is 2.13. The van der Waals surface area contributed by atoms with Crippen LogP contribution in [0.3, 0.4) is 0 Å². The van der Waals surface area contributed by atoms with Crippen LogP contribution in [0, 0.1) is 0 Å². The van der Waals surface area contributed by atoms with Crippen molar-refractivity contribution in [3.8, 4) is 5.88 Å². The fourth-order valence-electron chi connectivity index (χ4n) is 2.12. The van der Waals surface area contributed by atoms with E-state index in [-0.39, 0.29) is 5.88 Å². The number of aromatic hydroxyl groups is 1. The van der Waals surface area contributed by atoms with Crippen molar-refractivity contribution < 1.29 is 5.11 Å². The Hall–Kier alpha value is -2.76. The Bertz CT molecular complexity index is 899. The van der Waals surface area contributed by atoms with Crippen LogP contribution in [0.25, 0.3) is 27.8 Å². The molecule has 0 saturated heterocycles. The predicted molar refractivity (Wildman–Crippen MR) is 65.3 cm³/mol. The third kappa shape index (κ3) is 1.06. The molecule has 0 atom stereocenters. The minimum atomic E-state index is -0.117. The highest BCUT2D eigenvalue weighted by molar-refractivity contribution is 5.88. The van der Waals surface area contributed by atoms with Gasteiger partial charge in [0.2, 0.25) is 5.65 Å². The smallest absolute Gasteiger partial charge is 0.256 e. The number of imidazole rings is 1. The Morgan fingerprint density at radius 1 is 1.00 bits per heavy atom. The highest BCUT2D eigenvalue weighted by Crippen LogP contribution is 2.25. The summed E-state index contributed by atoms with van der Waals surface area (Å²) in [5.74, 6) is -0.117. The molecule has 0 saturated carbocycles. The lowest BCUT2D eigenvalue weighted by Crippen LogP contribution is -1.95. The second-order valence-corrected chi connectivity index (χ2v) is 3.93. The molecule has 0 spiro atoms. The van der Waals surface area contributed by atoms with Gasteiger partial charge in [-0.05, 0) is 12.1 Å². The van der Waals surface area contributed by atoms with Crippen molar-refractivity contribution >= 4 is 27.8 Å². The number of benzene rings is 1. The molecule has 0 radical (unpaired) electrons. The van der Waals surface area contributed by atoms with Gasteiger partial charge >= 0.3 is 0 Å². The number of rotatable bonds is 0. The zero-order chi connectivity index (χ0) is 12.1. The van der Waals surface area contributed by atoms with E-state index in [1.54, 1.807) is 10.6 Å². The van der Waals surface area contributed by atoms with Gasteiger partial charge in [0.15, 0.2) is 5.65 Å². The van der Waals surface area contributed by atoms with Crippen LogP contribution in [-0.4, -0.2) is 29.4 Å². The molecule has 6 heteroatoms. The summed E-state index contributed by atoms with van der Waals surface area (Å²) < 4.78 is 1.79. The summed E-state index contributed by atoms with van der Waals surface area (Å²) in [7, 11) is 0. The summed E-state index contributed by atoms with van der Waals surface area (Å²) in [6.07, 6.45) is 3.02. The zero-order valence-electron chi connectivity index (χ0n) is 9.15. The maximum atomic E-state index is 9.92. The lowest BCUT2D eigenvalue weighted by molar-refractivity contribution is 0.458. The van der Waals surface area contributed by atoms with E-state index in [1.165, 1.54) is 6.33 Å². The van der Waals surface area contributed by atoms with Gasteiger partial charge in [-0.3, -0.25) is 4.40 Å². The van der Waals surface area contributed by atoms with Crippen LogP contribution in [0.1, 0.15) is 0 Å². The van der Waals surface area contributed by atoms with Crippen molar-refractivity contribution in [3.05, 3.63) is 36.8 Å². The normalized spacial score (nSPS) is 11.6. The first kappa shape index (κ1) is 9.29. The Labute approximate surface area is 101 Å². The molecular weight excluding hydrogens is 230 g/mol. The van der Waals surface area contributed by atoms with E-state index < -0.39 is 0 Å². The molecule has 0 bridgehead atoms. The summed E-state index contributed by atoms with van der Waals surface area (Å²) in [6.45, 7) is 0. The lowest BCUT2D eigenvalue weighted by atomic mass is 10.3. The molecule has 3 heterocycles. The standard InChI is InChI=1S/C12H7N5O/c18-12-11-15-7-3-1-2-4-9(7)17(11)10-8(16-12)5-13-6-14-10/h1-6H,(H,16,18). The Balaban J connectivity index is 2.41. The maximum absolute atomic E-state index is 9.92. The minimum Gasteiger partial charge on any atom is -0.491 e. The predicted octanol–water partition coefficient (Wildman–Crippen LogP) is 1.53. The second kappa shape index (κ2) is 3.13. The number of hydrogen-bond acceptors (Lipinski definition) is 5. The van der Waals surface area contributed by atoms with Crippen molar-refractivity contribution in [1.82, 2.24) is 24.3 Å². The van der Waals surface area contributed by atoms with Crippen molar-refractivity contribution in [3.63, 3.8) is 0 Å². The molecule has 6 nitrogen and oxygen atoms in total. The fourth-order valence-corrected chi connectivity index (χ4v) is 2.12. The van der Waals surface area contributed by atoms with Crippen LogP contribution >= 0.6 is 0 Å². The maximum Gasteiger partial charge on any atom is 0.256 e. The molecule has 4 rings (SSSR count). The van der Waals surface area contributed by atoms with Crippen molar-refractivity contribution in [2.75, 3.05) is 0 Å². The topological polar surface area (TPSA) is 76.2 Å². The Kier molecular flexibility index (Phi) is 1.62. The van der Waals surface area contributed by atoms with Crippen LogP contribution in [0.4, 0.5) is 0 Å². The molecule has 1 N–H and O–H groups in total. The number of hydrogen-bond donors (Lipinski definition) is 1. The van der Waals surface area contributed by atoms with E-state index in [0.29, 0.717) is 16.8 Å². The van der Waals surface area contributed by atoms with E-state index in [0.717, 1.165) is 11.0 Å². The first-order valence-corrected chi connectivity index (χ1v) is 5.40. The SMILES string of the molecule is Oc1nc2cncnc2n2c1nc1ccccc12. The number of nitrogens with zero attached hydrogens (tertiary/aromatic N) is 5. The largest absolute Gasteiger partial charge is 0.491 e. The summed E-state index contributed by atoms with van der Waals surface area (Å²) in [6, 6.07) is 7.63. The van der Waals surface area contributed by atoms with Crippen LogP contribution in [0.5, 0.6) is 5.88 Å². The van der Waals surface area contributed by atoms with Crippen LogP contribution in [0.15, 0.2) is 36.8 Å². The average molecular weight is 237 g/mol. The van der Waals surface area contributed by atoms with Gasteiger partial charge in [-0.1, -0.05) is 12.1 Å². The first-order chi connectivity index (χ1) is 8.84. The lowest BCUT2D eigenvalue weighted by Gasteiger charge is -2.01. The van der Waals surface area contributed by atoms with Gasteiger partial charge in [-0.2, -0.15) is 0 Å². The van der Waals surface area contributed by atoms with Gasteiger partial charge in [0.1, 0.15) is 11.8 Å². The van der Waals surface area contributed by atoms with Crippen LogP contribution in [0.2, 0.25) is 0 Å². The zero-order valence-corrected chi connectivity index (χ0v) is 9.15. The van der Waals surface area contributed by atoms with E-state index in [2.05, 4.69) is 19.9 Å². The minimum absolute atomic E-state index is 0.117. The summed E-state index contributed by atoms with van der Waals surface area (Å²) in [4.78, 5) is 16.5. The summed E-state index contributed by atoms with van der Waals surface area (Å²) >= 11 is 0. The molecular formula is C12H7N5O. The Morgan fingerprint density at radius 3 is 2.83 bits per heavy atom. The quantitative estimate of drug-likeness (QED) is 0.502. The van der Waals surface area contributed by atoms with Gasteiger partial charge < -0.3 is 5.11 Å². The van der Waals surface area contributed by atoms with Gasteiger partial charge in [0, 0.05) is 0 Å². The molecule has 1 aromatic carbocycles. The second-order valence-electron chi connectivity index (χ2n) is 3.93. The number of aromatic nitrogens is 5. The summed E-state index contributed by atoms with van der Waals surface area (Å²) in [5, 5.41) is 9.92. The average Bonchev–Trinajstić information content (AvgIpc) is 2.79. The molecule has 0 aliphatic heterocycles. The monoisotopic (exact) mass is 237 g/mol. The van der Waals surface area contributed by atoms with Crippen LogP contribution < -0.4 is 0 Å². The third-order valence-electron chi connectivity index (χ3n) is 2.87. The van der Waals surface area contributed by atoms with Gasteiger partial charge in [-0.25, -0.2) is 19.9 Å². The van der Waals surface area contributed by atoms with E-state index >= 15 is 0 Å². The van der Waals surface area contributed by atoms with Crippen LogP contribution in [-0.2, 0) is 0 Å². The molecule has 0 unspecified atom stereocenters.